The summed E-state index contributed by atoms with van der Waals surface area (Å²) in [5, 5.41) is 9.63. The SMILES string of the molecule is CC1(c2cc(NC(=O)Nc3ccc(-c4cn(C5CC5)c5ncnc(N)c45)cc3C(F)F)on2)CC1. The second-order valence-electron chi connectivity index (χ2n) is 9.46. The van der Waals surface area contributed by atoms with E-state index < -0.39 is 12.5 Å². The predicted molar refractivity (Wildman–Crippen MR) is 126 cm³/mol. The van der Waals surface area contributed by atoms with Gasteiger partial charge in [-0.2, -0.15) is 0 Å². The second-order valence-corrected chi connectivity index (χ2v) is 9.46. The van der Waals surface area contributed by atoms with E-state index in [2.05, 4.69) is 32.7 Å². The highest BCUT2D eigenvalue weighted by Gasteiger charge is 2.42. The maximum atomic E-state index is 14.0. The number of halogens is 2. The van der Waals surface area contributed by atoms with Crippen LogP contribution in [0.25, 0.3) is 22.2 Å². The molecule has 2 amide bonds. The molecule has 3 aromatic heterocycles. The van der Waals surface area contributed by atoms with Crippen molar-refractivity contribution in [2.45, 2.75) is 50.5 Å². The number of nitrogens with one attached hydrogen (secondary N) is 2. The Morgan fingerprint density at radius 2 is 2.03 bits per heavy atom. The Morgan fingerprint density at radius 3 is 2.74 bits per heavy atom. The molecule has 0 spiro atoms. The molecule has 2 aliphatic rings. The number of benzene rings is 1. The second kappa shape index (κ2) is 7.76. The Morgan fingerprint density at radius 1 is 1.23 bits per heavy atom. The van der Waals surface area contributed by atoms with E-state index in [4.69, 9.17) is 10.3 Å². The lowest BCUT2D eigenvalue weighted by atomic mass is 10.0. The van der Waals surface area contributed by atoms with Gasteiger partial charge in [0.1, 0.15) is 17.8 Å². The van der Waals surface area contributed by atoms with Crippen molar-refractivity contribution < 1.29 is 18.1 Å². The van der Waals surface area contributed by atoms with Crippen LogP contribution in [0.1, 0.15) is 56.3 Å². The zero-order valence-corrected chi connectivity index (χ0v) is 18.9. The molecule has 2 saturated carbocycles. The van der Waals surface area contributed by atoms with Crippen LogP contribution in [-0.2, 0) is 5.41 Å². The molecule has 3 heterocycles. The number of nitrogens with zero attached hydrogens (tertiary/aromatic N) is 4. The highest BCUT2D eigenvalue weighted by molar-refractivity contribution is 6.02. The van der Waals surface area contributed by atoms with Crippen molar-refractivity contribution >= 4 is 34.5 Å². The molecule has 1 aromatic carbocycles. The van der Waals surface area contributed by atoms with Gasteiger partial charge >= 0.3 is 6.03 Å². The van der Waals surface area contributed by atoms with Crippen molar-refractivity contribution in [2.75, 3.05) is 16.4 Å². The molecule has 0 saturated heterocycles. The minimum Gasteiger partial charge on any atom is -0.383 e. The van der Waals surface area contributed by atoms with E-state index in [9.17, 15) is 13.6 Å². The van der Waals surface area contributed by atoms with Crippen LogP contribution in [0.2, 0.25) is 0 Å². The lowest BCUT2D eigenvalue weighted by Gasteiger charge is -2.12. The maximum Gasteiger partial charge on any atom is 0.326 e. The van der Waals surface area contributed by atoms with Gasteiger partial charge in [-0.1, -0.05) is 18.1 Å². The van der Waals surface area contributed by atoms with Crippen LogP contribution < -0.4 is 16.4 Å². The normalized spacial score (nSPS) is 16.6. The van der Waals surface area contributed by atoms with Gasteiger partial charge in [0.25, 0.3) is 6.43 Å². The molecule has 4 aromatic rings. The minimum absolute atomic E-state index is 0.00898. The van der Waals surface area contributed by atoms with Crippen LogP contribution in [-0.4, -0.2) is 25.7 Å². The number of carbonyl (C=O) groups excluding carboxylic acids is 1. The number of nitrogens with two attached hydrogens (primary N) is 1. The Bertz CT molecular complexity index is 1450. The first-order valence-electron chi connectivity index (χ1n) is 11.4. The molecule has 0 radical (unpaired) electrons. The first-order valence-corrected chi connectivity index (χ1v) is 11.4. The third kappa shape index (κ3) is 3.86. The molecule has 0 aliphatic heterocycles. The van der Waals surface area contributed by atoms with E-state index in [1.54, 1.807) is 12.1 Å². The molecule has 0 bridgehead atoms. The largest absolute Gasteiger partial charge is 0.383 e. The van der Waals surface area contributed by atoms with Crippen molar-refractivity contribution in [3.63, 3.8) is 0 Å². The van der Waals surface area contributed by atoms with Gasteiger partial charge in [-0.3, -0.25) is 5.32 Å². The molecular formula is C24H23F2N7O2. The zero-order valence-electron chi connectivity index (χ0n) is 18.9. The Kier molecular flexibility index (Phi) is 4.77. The van der Waals surface area contributed by atoms with Crippen LogP contribution in [0.4, 0.5) is 31.0 Å². The maximum absolute atomic E-state index is 14.0. The third-order valence-corrected chi connectivity index (χ3v) is 6.79. The first kappa shape index (κ1) is 21.5. The summed E-state index contributed by atoms with van der Waals surface area (Å²) in [4.78, 5) is 21.0. The summed E-state index contributed by atoms with van der Waals surface area (Å²) in [6, 6.07) is 5.75. The molecule has 0 atom stereocenters. The number of hydrogen-bond acceptors (Lipinski definition) is 6. The molecule has 0 unspecified atom stereocenters. The number of rotatable bonds is 6. The summed E-state index contributed by atoms with van der Waals surface area (Å²) in [7, 11) is 0. The number of urea groups is 1. The fourth-order valence-corrected chi connectivity index (χ4v) is 4.31. The van der Waals surface area contributed by atoms with Gasteiger partial charge in [-0.15, -0.1) is 0 Å². The fraction of sp³-hybridized carbons (Fsp3) is 0.333. The highest BCUT2D eigenvalue weighted by atomic mass is 19.3. The molecule has 2 fully saturated rings. The molecule has 9 nitrogen and oxygen atoms in total. The summed E-state index contributed by atoms with van der Waals surface area (Å²) in [6.45, 7) is 2.06. The average Bonchev–Trinajstić information content (AvgIpc) is 3.72. The standard InChI is InChI=1S/C24H23F2N7O2/c1-24(6-7-24)17-9-18(35-32-17)31-23(34)30-16-5-2-12(8-14(16)20(25)26)15-10-33(13-3-4-13)22-19(15)21(27)28-11-29-22/h2,5,8-11,13,20H,3-4,6-7H2,1H3,(H2,27,28,29)(H2,30,31,34). The number of anilines is 3. The number of carbonyl (C=O) groups is 1. The molecule has 11 heteroatoms. The van der Waals surface area contributed by atoms with E-state index in [-0.39, 0.29) is 28.4 Å². The van der Waals surface area contributed by atoms with Crippen LogP contribution in [0, 0.1) is 0 Å². The summed E-state index contributed by atoms with van der Waals surface area (Å²) >= 11 is 0. The Labute approximate surface area is 198 Å². The molecule has 2 aliphatic carbocycles. The van der Waals surface area contributed by atoms with Gasteiger partial charge in [0.15, 0.2) is 0 Å². The number of alkyl halides is 2. The summed E-state index contributed by atoms with van der Waals surface area (Å²) in [5.74, 6) is 0.445. The third-order valence-electron chi connectivity index (χ3n) is 6.79. The van der Waals surface area contributed by atoms with Gasteiger partial charge in [-0.25, -0.2) is 23.5 Å². The van der Waals surface area contributed by atoms with E-state index >= 15 is 0 Å². The van der Waals surface area contributed by atoms with E-state index in [0.717, 1.165) is 31.4 Å². The van der Waals surface area contributed by atoms with Gasteiger partial charge < -0.3 is 20.1 Å². The Balaban J connectivity index is 1.29. The van der Waals surface area contributed by atoms with E-state index in [0.29, 0.717) is 28.2 Å². The molecule has 4 N–H and O–H groups in total. The number of hydrogen-bond donors (Lipinski definition) is 3. The van der Waals surface area contributed by atoms with E-state index in [1.165, 1.54) is 18.5 Å². The van der Waals surface area contributed by atoms with Crippen molar-refractivity contribution in [2.24, 2.45) is 0 Å². The first-order chi connectivity index (χ1) is 16.8. The van der Waals surface area contributed by atoms with Gasteiger partial charge in [0.2, 0.25) is 5.88 Å². The monoisotopic (exact) mass is 479 g/mol. The fourth-order valence-electron chi connectivity index (χ4n) is 4.31. The van der Waals surface area contributed by atoms with Gasteiger partial charge in [-0.05, 0) is 43.4 Å². The predicted octanol–water partition coefficient (Wildman–Crippen LogP) is 5.64. The summed E-state index contributed by atoms with van der Waals surface area (Å²) in [6.07, 6.45) is 4.54. The average molecular weight is 479 g/mol. The lowest BCUT2D eigenvalue weighted by molar-refractivity contribution is 0.152. The summed E-state index contributed by atoms with van der Waals surface area (Å²) < 4.78 is 35.3. The number of nitrogen functional groups attached to an aromatic ring is 1. The zero-order chi connectivity index (χ0) is 24.3. The van der Waals surface area contributed by atoms with E-state index in [1.807, 2.05) is 10.8 Å². The molecular weight excluding hydrogens is 456 g/mol. The number of aromatic nitrogens is 4. The minimum atomic E-state index is -2.82. The lowest BCUT2D eigenvalue weighted by Crippen LogP contribution is -2.20. The molecule has 180 valence electrons. The van der Waals surface area contributed by atoms with Crippen molar-refractivity contribution in [3.05, 3.63) is 48.0 Å². The van der Waals surface area contributed by atoms with Crippen LogP contribution in [0.5, 0.6) is 0 Å². The smallest absolute Gasteiger partial charge is 0.326 e. The number of amides is 2. The van der Waals surface area contributed by atoms with Crippen molar-refractivity contribution in [3.8, 4) is 11.1 Å². The van der Waals surface area contributed by atoms with Crippen molar-refractivity contribution in [1.29, 1.82) is 0 Å². The quantitative estimate of drug-likeness (QED) is 0.329. The molecule has 6 rings (SSSR count). The molecule has 35 heavy (non-hydrogen) atoms. The van der Waals surface area contributed by atoms with Crippen LogP contribution in [0.3, 0.4) is 0 Å². The van der Waals surface area contributed by atoms with Gasteiger partial charge in [0.05, 0.1) is 16.8 Å². The number of fused-ring (bicyclic) bond motifs is 1. The van der Waals surface area contributed by atoms with Crippen LogP contribution >= 0.6 is 0 Å². The van der Waals surface area contributed by atoms with Crippen LogP contribution in [0.15, 0.2) is 41.3 Å². The topological polar surface area (TPSA) is 124 Å². The van der Waals surface area contributed by atoms with Crippen molar-refractivity contribution in [1.82, 2.24) is 19.7 Å². The van der Waals surface area contributed by atoms with Gasteiger partial charge in [0, 0.05) is 34.8 Å². The Hall–Kier alpha value is -4.02. The highest BCUT2D eigenvalue weighted by Crippen LogP contribution is 2.47. The summed E-state index contributed by atoms with van der Waals surface area (Å²) in [5.41, 5.74) is 8.45.